The number of aromatic nitrogens is 4. The molecule has 0 amide bonds. The molecule has 35 heavy (non-hydrogen) atoms. The molecule has 9 nitrogen and oxygen atoms in total. The number of halogens is 1. The number of aliphatic hydroxyl groups is 2. The first-order valence-electron chi connectivity index (χ1n) is 11.7. The molecule has 1 fully saturated rings. The lowest BCUT2D eigenvalue weighted by Crippen LogP contribution is -2.44. The Kier molecular flexibility index (Phi) is 6.99. The Balaban J connectivity index is 1.54. The van der Waals surface area contributed by atoms with Gasteiger partial charge in [0.05, 0.1) is 12.9 Å². The average Bonchev–Trinajstić information content (AvgIpc) is 3.32. The minimum atomic E-state index is -2.05. The molecule has 1 unspecified atom stereocenters. The van der Waals surface area contributed by atoms with E-state index in [2.05, 4.69) is 48.8 Å². The monoisotopic (exact) mass is 503 g/mol. The van der Waals surface area contributed by atoms with E-state index in [1.54, 1.807) is 10.6 Å². The summed E-state index contributed by atoms with van der Waals surface area (Å²) in [4.78, 5) is 15.1. The standard InChI is InChI=1S/C24H34FN5O4Si/c1-24(2,3)35(5,6)33-12-17-19(31)20(32)23(34-17)30-14-28-18-21(26-13-27-22(18)30)29(4)11-15-8-7-9-16(25)10-15/h7-10,13-14,17,19-20,23,31-32H,11-12H2,1-6H3/t17?,19-,20-,23-/m1/s1. The fourth-order valence-electron chi connectivity index (χ4n) is 3.89. The smallest absolute Gasteiger partial charge is 0.192 e. The molecule has 3 heterocycles. The van der Waals surface area contributed by atoms with Crippen molar-refractivity contribution in [2.75, 3.05) is 18.6 Å². The summed E-state index contributed by atoms with van der Waals surface area (Å²) in [5, 5.41) is 21.5. The predicted molar refractivity (Wildman–Crippen MR) is 133 cm³/mol. The number of benzene rings is 1. The summed E-state index contributed by atoms with van der Waals surface area (Å²) < 4.78 is 27.5. The third kappa shape index (κ3) is 5.10. The molecule has 0 bridgehead atoms. The van der Waals surface area contributed by atoms with Gasteiger partial charge < -0.3 is 24.3 Å². The minimum absolute atomic E-state index is 0.0139. The van der Waals surface area contributed by atoms with Crippen LogP contribution in [0.1, 0.15) is 32.6 Å². The van der Waals surface area contributed by atoms with Gasteiger partial charge in [-0.05, 0) is 35.8 Å². The summed E-state index contributed by atoms with van der Waals surface area (Å²) in [7, 11) is -0.216. The van der Waals surface area contributed by atoms with Gasteiger partial charge in [0.25, 0.3) is 0 Å². The highest BCUT2D eigenvalue weighted by Gasteiger charge is 2.46. The lowest BCUT2D eigenvalue weighted by atomic mass is 10.1. The summed E-state index contributed by atoms with van der Waals surface area (Å²) in [6, 6.07) is 6.38. The van der Waals surface area contributed by atoms with Crippen LogP contribution in [0.15, 0.2) is 36.9 Å². The number of nitrogens with zero attached hydrogens (tertiary/aromatic N) is 5. The fraction of sp³-hybridized carbons (Fsp3) is 0.542. The number of hydrogen-bond acceptors (Lipinski definition) is 8. The Labute approximate surface area is 205 Å². The maximum Gasteiger partial charge on any atom is 0.192 e. The first-order chi connectivity index (χ1) is 16.4. The van der Waals surface area contributed by atoms with E-state index in [-0.39, 0.29) is 17.5 Å². The van der Waals surface area contributed by atoms with Crippen molar-refractivity contribution in [3.05, 3.63) is 48.3 Å². The molecule has 0 saturated carbocycles. The lowest BCUT2D eigenvalue weighted by Gasteiger charge is -2.37. The van der Waals surface area contributed by atoms with E-state index in [4.69, 9.17) is 9.16 Å². The second-order valence-corrected chi connectivity index (χ2v) is 15.4. The number of fused-ring (bicyclic) bond motifs is 1. The molecule has 11 heteroatoms. The Morgan fingerprint density at radius 2 is 1.91 bits per heavy atom. The average molecular weight is 504 g/mol. The summed E-state index contributed by atoms with van der Waals surface area (Å²) in [5.74, 6) is 0.259. The van der Waals surface area contributed by atoms with Crippen molar-refractivity contribution >= 4 is 25.3 Å². The van der Waals surface area contributed by atoms with Crippen molar-refractivity contribution < 1.29 is 23.8 Å². The van der Waals surface area contributed by atoms with Gasteiger partial charge in [0.15, 0.2) is 31.5 Å². The van der Waals surface area contributed by atoms with Crippen LogP contribution in [0.3, 0.4) is 0 Å². The van der Waals surface area contributed by atoms with Crippen molar-refractivity contribution in [3.8, 4) is 0 Å². The van der Waals surface area contributed by atoms with E-state index in [9.17, 15) is 14.6 Å². The number of imidazole rings is 1. The highest BCUT2D eigenvalue weighted by Crippen LogP contribution is 2.38. The number of anilines is 1. The highest BCUT2D eigenvalue weighted by molar-refractivity contribution is 6.74. The highest BCUT2D eigenvalue weighted by atomic mass is 28.4. The van der Waals surface area contributed by atoms with Crippen molar-refractivity contribution in [1.29, 1.82) is 0 Å². The van der Waals surface area contributed by atoms with Gasteiger partial charge in [-0.25, -0.2) is 19.3 Å². The van der Waals surface area contributed by atoms with Crippen molar-refractivity contribution in [2.45, 2.75) is 70.0 Å². The van der Waals surface area contributed by atoms with Crippen molar-refractivity contribution in [2.24, 2.45) is 0 Å². The van der Waals surface area contributed by atoms with Crippen LogP contribution in [0, 0.1) is 5.82 Å². The Morgan fingerprint density at radius 3 is 2.60 bits per heavy atom. The van der Waals surface area contributed by atoms with Gasteiger partial charge in [0, 0.05) is 13.6 Å². The van der Waals surface area contributed by atoms with Crippen molar-refractivity contribution in [1.82, 2.24) is 19.5 Å². The number of ether oxygens (including phenoxy) is 1. The molecule has 2 N–H and O–H groups in total. The van der Waals surface area contributed by atoms with E-state index >= 15 is 0 Å². The maximum atomic E-state index is 13.6. The lowest BCUT2D eigenvalue weighted by molar-refractivity contribution is -0.0491. The topological polar surface area (TPSA) is 106 Å². The maximum absolute atomic E-state index is 13.6. The van der Waals surface area contributed by atoms with E-state index in [1.807, 2.05) is 18.0 Å². The van der Waals surface area contributed by atoms with Crippen LogP contribution < -0.4 is 4.90 Å². The van der Waals surface area contributed by atoms with Crippen LogP contribution in [0.5, 0.6) is 0 Å². The Morgan fingerprint density at radius 1 is 1.17 bits per heavy atom. The Hall–Kier alpha value is -2.44. The molecule has 190 valence electrons. The minimum Gasteiger partial charge on any atom is -0.414 e. The van der Waals surface area contributed by atoms with Crippen LogP contribution in [0.2, 0.25) is 18.1 Å². The molecule has 1 aliphatic heterocycles. The number of rotatable bonds is 7. The van der Waals surface area contributed by atoms with Gasteiger partial charge in [-0.2, -0.15) is 0 Å². The molecule has 3 aromatic rings. The Bertz CT molecular complexity index is 1180. The first-order valence-corrected chi connectivity index (χ1v) is 14.6. The second-order valence-electron chi connectivity index (χ2n) is 10.6. The fourth-order valence-corrected chi connectivity index (χ4v) is 4.91. The zero-order valence-electron chi connectivity index (χ0n) is 21.0. The molecule has 4 atom stereocenters. The first kappa shape index (κ1) is 25.6. The zero-order valence-corrected chi connectivity index (χ0v) is 22.0. The van der Waals surface area contributed by atoms with E-state index in [0.29, 0.717) is 23.5 Å². The quantitative estimate of drug-likeness (QED) is 0.474. The van der Waals surface area contributed by atoms with Crippen LogP contribution in [0.4, 0.5) is 10.2 Å². The van der Waals surface area contributed by atoms with Crippen molar-refractivity contribution in [3.63, 3.8) is 0 Å². The van der Waals surface area contributed by atoms with E-state index in [1.165, 1.54) is 24.8 Å². The molecule has 0 radical (unpaired) electrons. The number of aliphatic hydroxyl groups excluding tert-OH is 2. The summed E-state index contributed by atoms with van der Waals surface area (Å²) in [6.07, 6.45) is -0.912. The molecule has 4 rings (SSSR count). The number of hydrogen-bond donors (Lipinski definition) is 2. The molecular formula is C24H34FN5O4Si. The second kappa shape index (κ2) is 9.55. The van der Waals surface area contributed by atoms with Gasteiger partial charge in [-0.3, -0.25) is 4.57 Å². The molecule has 1 saturated heterocycles. The van der Waals surface area contributed by atoms with Gasteiger partial charge in [0.1, 0.15) is 30.5 Å². The van der Waals surface area contributed by atoms with Crippen LogP contribution in [0.25, 0.3) is 11.2 Å². The van der Waals surface area contributed by atoms with Crippen LogP contribution in [-0.2, 0) is 15.7 Å². The van der Waals surface area contributed by atoms with E-state index < -0.39 is 32.9 Å². The molecule has 2 aromatic heterocycles. The third-order valence-corrected chi connectivity index (χ3v) is 11.5. The van der Waals surface area contributed by atoms with Gasteiger partial charge in [0.2, 0.25) is 0 Å². The predicted octanol–water partition coefficient (Wildman–Crippen LogP) is 3.24. The molecule has 0 spiro atoms. The normalized spacial score (nSPS) is 23.2. The molecule has 1 aliphatic rings. The van der Waals surface area contributed by atoms with Gasteiger partial charge >= 0.3 is 0 Å². The summed E-state index contributed by atoms with van der Waals surface area (Å²) in [6.45, 7) is 11.3. The SMILES string of the molecule is CN(Cc1cccc(F)c1)c1ncnc2c1ncn2[C@@H]1OC(CO[Si](C)(C)C(C)(C)C)[C@@H](O)[C@H]1O. The molecular weight excluding hydrogens is 469 g/mol. The summed E-state index contributed by atoms with van der Waals surface area (Å²) >= 11 is 0. The zero-order chi connectivity index (χ0) is 25.5. The molecule has 0 aliphatic carbocycles. The summed E-state index contributed by atoms with van der Waals surface area (Å²) in [5.41, 5.74) is 1.77. The van der Waals surface area contributed by atoms with Crippen LogP contribution >= 0.6 is 0 Å². The van der Waals surface area contributed by atoms with Crippen LogP contribution in [-0.4, -0.2) is 70.0 Å². The van der Waals surface area contributed by atoms with E-state index in [0.717, 1.165) is 5.56 Å². The third-order valence-electron chi connectivity index (χ3n) is 7.04. The van der Waals surface area contributed by atoms with Gasteiger partial charge in [-0.15, -0.1) is 0 Å². The van der Waals surface area contributed by atoms with Gasteiger partial charge in [-0.1, -0.05) is 32.9 Å². The molecule has 1 aromatic carbocycles. The largest absolute Gasteiger partial charge is 0.414 e.